The summed E-state index contributed by atoms with van der Waals surface area (Å²) in [4.78, 5) is 2.55. The normalized spacial score (nSPS) is 26.2. The molecular weight excluding hydrogens is 224 g/mol. The second-order valence-corrected chi connectivity index (χ2v) is 5.34. The molecule has 1 heterocycles. The van der Waals surface area contributed by atoms with E-state index in [-0.39, 0.29) is 0 Å². The number of hydrogen-bond donors (Lipinski definition) is 1. The van der Waals surface area contributed by atoms with Crippen molar-refractivity contribution in [1.29, 1.82) is 0 Å². The first kappa shape index (κ1) is 13.4. The van der Waals surface area contributed by atoms with Crippen molar-refractivity contribution in [2.24, 2.45) is 11.7 Å². The van der Waals surface area contributed by atoms with Gasteiger partial charge in [0, 0.05) is 18.6 Å². The molecule has 0 saturated carbocycles. The predicted octanol–water partition coefficient (Wildman–Crippen LogP) is 2.43. The third-order valence-electron chi connectivity index (χ3n) is 4.12. The Morgan fingerprint density at radius 2 is 2.28 bits per heavy atom. The number of benzene rings is 1. The first-order valence-electron chi connectivity index (χ1n) is 6.75. The van der Waals surface area contributed by atoms with Crippen LogP contribution in [0.1, 0.15) is 31.9 Å². The number of ether oxygens (including phenoxy) is 1. The molecule has 3 heteroatoms. The maximum Gasteiger partial charge on any atom is 0.119 e. The molecule has 0 aromatic heterocycles. The third kappa shape index (κ3) is 2.68. The van der Waals surface area contributed by atoms with Crippen LogP contribution in [-0.4, -0.2) is 31.1 Å². The van der Waals surface area contributed by atoms with Gasteiger partial charge in [0.25, 0.3) is 0 Å². The molecule has 1 aliphatic heterocycles. The fourth-order valence-corrected chi connectivity index (χ4v) is 2.97. The first-order chi connectivity index (χ1) is 8.65. The summed E-state index contributed by atoms with van der Waals surface area (Å²) in [6.45, 7) is 6.47. The van der Waals surface area contributed by atoms with E-state index < -0.39 is 0 Å². The minimum atomic E-state index is 0.423. The Morgan fingerprint density at radius 1 is 1.50 bits per heavy atom. The zero-order valence-corrected chi connectivity index (χ0v) is 11.6. The van der Waals surface area contributed by atoms with E-state index in [1.165, 1.54) is 12.0 Å². The van der Waals surface area contributed by atoms with Crippen molar-refractivity contribution in [3.8, 4) is 5.75 Å². The van der Waals surface area contributed by atoms with Gasteiger partial charge >= 0.3 is 0 Å². The summed E-state index contributed by atoms with van der Waals surface area (Å²) >= 11 is 0. The van der Waals surface area contributed by atoms with Crippen molar-refractivity contribution >= 4 is 0 Å². The molecule has 1 aromatic carbocycles. The number of likely N-dealkylation sites (tertiary alicyclic amines) is 1. The van der Waals surface area contributed by atoms with Gasteiger partial charge in [-0.25, -0.2) is 0 Å². The largest absolute Gasteiger partial charge is 0.497 e. The average molecular weight is 248 g/mol. The van der Waals surface area contributed by atoms with Crippen molar-refractivity contribution in [3.63, 3.8) is 0 Å². The third-order valence-corrected chi connectivity index (χ3v) is 4.12. The molecule has 1 aromatic rings. The van der Waals surface area contributed by atoms with Crippen LogP contribution < -0.4 is 10.5 Å². The lowest BCUT2D eigenvalue weighted by Crippen LogP contribution is -2.30. The number of hydrogen-bond acceptors (Lipinski definition) is 3. The zero-order chi connectivity index (χ0) is 13.1. The smallest absolute Gasteiger partial charge is 0.119 e. The molecule has 0 amide bonds. The van der Waals surface area contributed by atoms with Crippen LogP contribution in [0.2, 0.25) is 0 Å². The standard InChI is InChI=1S/C15H24N2O/c1-11-7-13(9-16)10-17(11)12(2)14-5-4-6-15(8-14)18-3/h4-6,8,11-13H,7,9-10,16H2,1-3H3. The van der Waals surface area contributed by atoms with E-state index in [0.29, 0.717) is 18.0 Å². The lowest BCUT2D eigenvalue weighted by molar-refractivity contribution is 0.200. The van der Waals surface area contributed by atoms with Crippen LogP contribution in [0.25, 0.3) is 0 Å². The quantitative estimate of drug-likeness (QED) is 0.889. The molecule has 100 valence electrons. The van der Waals surface area contributed by atoms with Crippen molar-refractivity contribution < 1.29 is 4.74 Å². The Kier molecular flexibility index (Phi) is 4.25. The van der Waals surface area contributed by atoms with E-state index in [0.717, 1.165) is 18.8 Å². The molecule has 2 rings (SSSR count). The van der Waals surface area contributed by atoms with Crippen molar-refractivity contribution in [2.75, 3.05) is 20.2 Å². The van der Waals surface area contributed by atoms with Crippen molar-refractivity contribution in [1.82, 2.24) is 4.90 Å². The van der Waals surface area contributed by atoms with Gasteiger partial charge in [-0.2, -0.15) is 0 Å². The highest BCUT2D eigenvalue weighted by molar-refractivity contribution is 5.30. The zero-order valence-electron chi connectivity index (χ0n) is 11.6. The molecule has 3 nitrogen and oxygen atoms in total. The van der Waals surface area contributed by atoms with E-state index in [1.54, 1.807) is 7.11 Å². The number of methoxy groups -OCH3 is 1. The lowest BCUT2D eigenvalue weighted by Gasteiger charge is -2.29. The van der Waals surface area contributed by atoms with Gasteiger partial charge in [-0.05, 0) is 50.4 Å². The van der Waals surface area contributed by atoms with Crippen molar-refractivity contribution in [3.05, 3.63) is 29.8 Å². The molecule has 0 bridgehead atoms. The van der Waals surface area contributed by atoms with Gasteiger partial charge in [0.1, 0.15) is 5.75 Å². The number of nitrogens with zero attached hydrogens (tertiary/aromatic N) is 1. The van der Waals surface area contributed by atoms with Crippen LogP contribution in [0, 0.1) is 5.92 Å². The minimum Gasteiger partial charge on any atom is -0.497 e. The summed E-state index contributed by atoms with van der Waals surface area (Å²) < 4.78 is 5.30. The summed E-state index contributed by atoms with van der Waals surface area (Å²) in [7, 11) is 1.71. The fraction of sp³-hybridized carbons (Fsp3) is 0.600. The summed E-state index contributed by atoms with van der Waals surface area (Å²) in [5.74, 6) is 1.58. The van der Waals surface area contributed by atoms with Crippen LogP contribution in [0.4, 0.5) is 0 Å². The van der Waals surface area contributed by atoms with Gasteiger partial charge in [0.05, 0.1) is 7.11 Å². The molecule has 1 saturated heterocycles. The van der Waals surface area contributed by atoms with Gasteiger partial charge in [-0.1, -0.05) is 12.1 Å². The highest BCUT2D eigenvalue weighted by Gasteiger charge is 2.31. The maximum absolute atomic E-state index is 5.80. The predicted molar refractivity (Wildman–Crippen MR) is 74.7 cm³/mol. The van der Waals surface area contributed by atoms with E-state index in [9.17, 15) is 0 Å². The van der Waals surface area contributed by atoms with Crippen LogP contribution >= 0.6 is 0 Å². The van der Waals surface area contributed by atoms with Gasteiger partial charge in [-0.3, -0.25) is 4.90 Å². The molecule has 2 N–H and O–H groups in total. The van der Waals surface area contributed by atoms with Crippen LogP contribution in [0.3, 0.4) is 0 Å². The second kappa shape index (κ2) is 5.72. The molecule has 0 spiro atoms. The lowest BCUT2D eigenvalue weighted by atomic mass is 10.1. The minimum absolute atomic E-state index is 0.423. The molecule has 1 fully saturated rings. The van der Waals surface area contributed by atoms with Gasteiger partial charge in [0.15, 0.2) is 0 Å². The monoisotopic (exact) mass is 248 g/mol. The first-order valence-corrected chi connectivity index (χ1v) is 6.75. The van der Waals surface area contributed by atoms with Crippen LogP contribution in [-0.2, 0) is 0 Å². The highest BCUT2D eigenvalue weighted by Crippen LogP contribution is 2.32. The summed E-state index contributed by atoms with van der Waals surface area (Å²) in [6.07, 6.45) is 1.21. The Labute approximate surface area is 110 Å². The van der Waals surface area contributed by atoms with E-state index >= 15 is 0 Å². The van der Waals surface area contributed by atoms with E-state index in [4.69, 9.17) is 10.5 Å². The number of rotatable bonds is 4. The van der Waals surface area contributed by atoms with Gasteiger partial charge < -0.3 is 10.5 Å². The molecule has 3 atom stereocenters. The Morgan fingerprint density at radius 3 is 2.89 bits per heavy atom. The Bertz CT molecular complexity index is 394. The summed E-state index contributed by atoms with van der Waals surface area (Å²) in [5.41, 5.74) is 7.11. The van der Waals surface area contributed by atoms with Crippen LogP contribution in [0.5, 0.6) is 5.75 Å². The average Bonchev–Trinajstić information content (AvgIpc) is 2.79. The Balaban J connectivity index is 2.13. The SMILES string of the molecule is COc1cccc(C(C)N2CC(CN)CC2C)c1. The van der Waals surface area contributed by atoms with Gasteiger partial charge in [0.2, 0.25) is 0 Å². The molecule has 0 radical (unpaired) electrons. The van der Waals surface area contributed by atoms with Crippen LogP contribution in [0.15, 0.2) is 24.3 Å². The van der Waals surface area contributed by atoms with Crippen molar-refractivity contribution in [2.45, 2.75) is 32.4 Å². The molecule has 0 aliphatic carbocycles. The molecule has 1 aliphatic rings. The number of nitrogens with two attached hydrogens (primary N) is 1. The van der Waals surface area contributed by atoms with Gasteiger partial charge in [-0.15, -0.1) is 0 Å². The van der Waals surface area contributed by atoms with E-state index in [1.807, 2.05) is 6.07 Å². The molecule has 3 unspecified atom stereocenters. The summed E-state index contributed by atoms with van der Waals surface area (Å²) in [5, 5.41) is 0. The van der Waals surface area contributed by atoms with E-state index in [2.05, 4.69) is 36.9 Å². The maximum atomic E-state index is 5.80. The fourth-order valence-electron chi connectivity index (χ4n) is 2.97. The second-order valence-electron chi connectivity index (χ2n) is 5.34. The molecule has 18 heavy (non-hydrogen) atoms. The highest BCUT2D eigenvalue weighted by atomic mass is 16.5. The topological polar surface area (TPSA) is 38.5 Å². The summed E-state index contributed by atoms with van der Waals surface area (Å²) in [6, 6.07) is 9.40. The Hall–Kier alpha value is -1.06. The molecular formula is C15H24N2O.